The number of nitrogens with zero attached hydrogens (tertiary/aromatic N) is 2. The van der Waals surface area contributed by atoms with Gasteiger partial charge >= 0.3 is 11.9 Å². The van der Waals surface area contributed by atoms with E-state index in [-0.39, 0.29) is 73.1 Å². The van der Waals surface area contributed by atoms with Crippen LogP contribution < -0.4 is 16.4 Å². The highest BCUT2D eigenvalue weighted by molar-refractivity contribution is 8.78. The number of ether oxygens (including phenoxy) is 5. The Morgan fingerprint density at radius 2 is 1.94 bits per heavy atom. The molecule has 0 aromatic rings. The molecule has 6 aliphatic rings. The van der Waals surface area contributed by atoms with E-state index in [9.17, 15) is 45.3 Å². The Morgan fingerprint density at radius 3 is 2.68 bits per heavy atom. The summed E-state index contributed by atoms with van der Waals surface area (Å²) in [4.78, 5) is 33.6. The van der Waals surface area contributed by atoms with Gasteiger partial charge in [-0.1, -0.05) is 67.5 Å². The van der Waals surface area contributed by atoms with Crippen LogP contribution in [0, 0.1) is 17.8 Å². The van der Waals surface area contributed by atoms with Gasteiger partial charge in [0, 0.05) is 60.2 Å². The Kier molecular flexibility index (Phi) is 18.2. The number of allylic oxidation sites excluding steroid dienone is 1. The Labute approximate surface area is 375 Å². The predicted molar refractivity (Wildman–Crippen MR) is 235 cm³/mol. The largest absolute Gasteiger partial charge is 0.478 e. The van der Waals surface area contributed by atoms with E-state index >= 15 is 0 Å². The highest BCUT2D eigenvalue weighted by Crippen LogP contribution is 2.44. The normalized spacial score (nSPS) is 34.9. The number of guanidine groups is 1. The van der Waals surface area contributed by atoms with Gasteiger partial charge in [-0.2, -0.15) is 0 Å². The summed E-state index contributed by atoms with van der Waals surface area (Å²) in [7, 11) is 8.00. The molecule has 0 aromatic carbocycles. The van der Waals surface area contributed by atoms with Crippen LogP contribution >= 0.6 is 43.2 Å². The molecule has 0 spiro atoms. The number of carbonyl (C=O) groups excluding carboxylic acids is 1. The predicted octanol–water partition coefficient (Wildman–Crippen LogP) is -0.0346. The maximum atomic E-state index is 14.4. The molecule has 1 saturated carbocycles. The second-order valence-electron chi connectivity index (χ2n) is 15.4. The van der Waals surface area contributed by atoms with E-state index in [1.807, 2.05) is 17.1 Å². The minimum atomic E-state index is -2.94. The van der Waals surface area contributed by atoms with Gasteiger partial charge in [0.15, 0.2) is 18.4 Å². The van der Waals surface area contributed by atoms with Crippen LogP contribution in [0.25, 0.3) is 0 Å². The zero-order chi connectivity index (χ0) is 44.4. The van der Waals surface area contributed by atoms with Crippen LogP contribution in [0.15, 0.2) is 64.2 Å². The first-order chi connectivity index (χ1) is 29.9. The number of hydrogen-bond acceptors (Lipinski definition) is 20. The van der Waals surface area contributed by atoms with Gasteiger partial charge < -0.3 is 75.4 Å². The molecule has 5 aliphatic heterocycles. The first kappa shape index (κ1) is 49.0. The van der Waals surface area contributed by atoms with Crippen LogP contribution in [-0.2, 0) is 33.3 Å². The van der Waals surface area contributed by atoms with E-state index in [0.717, 1.165) is 12.8 Å². The number of carboxylic acids is 1. The summed E-state index contributed by atoms with van der Waals surface area (Å²) in [6.45, 7) is -1.10. The fourth-order valence-electron chi connectivity index (χ4n) is 8.01. The molecule has 23 heteroatoms. The number of nitrogens with one attached hydrogen (secondary N) is 2. The van der Waals surface area contributed by atoms with Gasteiger partial charge in [0.2, 0.25) is 12.1 Å². The van der Waals surface area contributed by atoms with Crippen molar-refractivity contribution in [1.82, 2.24) is 15.5 Å². The van der Waals surface area contributed by atoms with Crippen LogP contribution in [0.2, 0.25) is 0 Å². The Bertz CT molecular complexity index is 1750. The summed E-state index contributed by atoms with van der Waals surface area (Å²) < 4.78 is 30.4. The van der Waals surface area contributed by atoms with E-state index in [4.69, 9.17) is 29.4 Å². The van der Waals surface area contributed by atoms with Crippen molar-refractivity contribution in [3.8, 4) is 0 Å². The lowest BCUT2D eigenvalue weighted by atomic mass is 9.82. The quantitative estimate of drug-likeness (QED) is 0.0234. The summed E-state index contributed by atoms with van der Waals surface area (Å²) >= 11 is 0. The monoisotopic (exact) mass is 947 g/mol. The summed E-state index contributed by atoms with van der Waals surface area (Å²) in [5.74, 6) is -4.83. The zero-order valence-electron chi connectivity index (χ0n) is 34.1. The van der Waals surface area contributed by atoms with Crippen molar-refractivity contribution in [3.63, 3.8) is 0 Å². The molecular weight excluding hydrogens is 891 g/mol. The van der Waals surface area contributed by atoms with Gasteiger partial charge in [0.25, 0.3) is 0 Å². The van der Waals surface area contributed by atoms with Crippen LogP contribution in [0.4, 0.5) is 0 Å². The lowest BCUT2D eigenvalue weighted by Gasteiger charge is -2.47. The molecule has 11 N–H and O–H groups in total. The molecule has 346 valence electrons. The Hall–Kier alpha value is -2.49. The number of aliphatic imine (C=N–C) groups is 1. The van der Waals surface area contributed by atoms with Gasteiger partial charge in [-0.15, -0.1) is 0 Å². The molecule has 1 saturated heterocycles. The highest BCUT2D eigenvalue weighted by atomic mass is 33.1. The maximum absolute atomic E-state index is 14.4. The zero-order valence-corrected chi connectivity index (χ0v) is 37.4. The van der Waals surface area contributed by atoms with E-state index in [1.54, 1.807) is 62.4 Å². The Balaban J connectivity index is 1.50. The first-order valence-corrected chi connectivity index (χ1v) is 25.3. The summed E-state index contributed by atoms with van der Waals surface area (Å²) in [5.41, 5.74) is 6.82. The summed E-state index contributed by atoms with van der Waals surface area (Å²) in [5, 5.41) is 79.5. The standard InChI is InChI=1S/C39H57N5O14S4/c1-41-20-55-33-37(57-29(16-47)32(48)39(33,52)53)58-36-24-6-3-12-59-60-19-30-27(15-46)44-13-21(31(25(14-44)34(49)50)43-38(40)42-10-4-11-45)8-9-23(24)26(17-54-36)35(51)56-28-7-2-5-22(28)18-61-62-30/h3,6,8-9,14,17,22-24,27-30,32-33,36-37,41,45-48,52-53H,2,4-5,7,10-13,15-16,18-20H2,1H3,(H,49,50)(H3,40,42,43)/b6-3?,9-8+/t22-,23+,24-,27-,28-,29-,30-,32-,33+,36+,37+/m1/s1. The van der Waals surface area contributed by atoms with Crippen molar-refractivity contribution in [2.45, 2.75) is 79.8 Å². The van der Waals surface area contributed by atoms with Crippen molar-refractivity contribution in [3.05, 3.63) is 59.2 Å². The lowest BCUT2D eigenvalue weighted by Crippen LogP contribution is -2.69. The van der Waals surface area contributed by atoms with E-state index in [1.165, 1.54) is 12.5 Å². The molecule has 0 amide bonds. The molecule has 0 aromatic heterocycles. The fraction of sp³-hybridized carbons (Fsp3) is 0.667. The Morgan fingerprint density at radius 1 is 1.11 bits per heavy atom. The molecule has 4 bridgehead atoms. The minimum absolute atomic E-state index is 0.0624. The number of fused-ring (bicyclic) bond motifs is 2. The van der Waals surface area contributed by atoms with Crippen molar-refractivity contribution < 1.29 is 69.0 Å². The van der Waals surface area contributed by atoms with Crippen molar-refractivity contribution in [1.29, 1.82) is 0 Å². The molecule has 19 nitrogen and oxygen atoms in total. The molecule has 1 aliphatic carbocycles. The average Bonchev–Trinajstić information content (AvgIpc) is 3.68. The summed E-state index contributed by atoms with van der Waals surface area (Å²) in [6.07, 6.45) is 4.09. The number of aliphatic carboxylic acids is 1. The van der Waals surface area contributed by atoms with Crippen LogP contribution in [-0.4, -0.2) is 177 Å². The fourth-order valence-corrected chi connectivity index (χ4v) is 14.0. The number of hydrogen-bond donors (Lipinski definition) is 10. The third-order valence-corrected chi connectivity index (χ3v) is 16.8. The molecule has 5 heterocycles. The number of aliphatic hydroxyl groups is 6. The molecule has 6 rings (SSSR count). The number of aliphatic hydroxyl groups excluding tert-OH is 4. The second-order valence-corrected chi connectivity index (χ2v) is 20.6. The number of carbonyl (C=O) groups is 2. The summed E-state index contributed by atoms with van der Waals surface area (Å²) in [6, 6.07) is -0.509. The third kappa shape index (κ3) is 11.7. The molecule has 0 radical (unpaired) electrons. The van der Waals surface area contributed by atoms with Crippen LogP contribution in [0.5, 0.6) is 0 Å². The topological polar surface area (TPSA) is 288 Å². The van der Waals surface area contributed by atoms with Gasteiger partial charge in [-0.05, 0) is 38.3 Å². The van der Waals surface area contributed by atoms with Crippen LogP contribution in [0.1, 0.15) is 25.7 Å². The van der Waals surface area contributed by atoms with Gasteiger partial charge in [0.1, 0.15) is 18.3 Å². The number of esters is 1. The molecular formula is C39H57N5O14S4. The lowest BCUT2D eigenvalue weighted by molar-refractivity contribution is -0.410. The van der Waals surface area contributed by atoms with Crippen molar-refractivity contribution >= 4 is 61.1 Å². The third-order valence-electron chi connectivity index (χ3n) is 11.3. The van der Waals surface area contributed by atoms with Crippen LogP contribution in [0.3, 0.4) is 0 Å². The van der Waals surface area contributed by atoms with Crippen molar-refractivity contribution in [2.75, 3.05) is 63.9 Å². The van der Waals surface area contributed by atoms with Crippen molar-refractivity contribution in [2.24, 2.45) is 28.5 Å². The second kappa shape index (κ2) is 23.1. The smallest absolute Gasteiger partial charge is 0.339 e. The number of carboxylic acid groups (broad SMARTS) is 1. The molecule has 2 fully saturated rings. The first-order valence-electron chi connectivity index (χ1n) is 20.4. The SMILES string of the molecule is CNCO[C@H]1[C@H](O[C@@H]2OC=C3C(=O)O[C@@H]4CCC[C@@H]4CSS[C@@H]4CSSCC=C[C@@H]2[C@@H]3/C=C/C2=C(NC(N)=NCCCO)C(C(=O)O)=CN(C2)[C@@H]4CO)O[C@H](CO)[C@@H](O)C1(O)O. The average molecular weight is 948 g/mol. The number of nitrogens with two attached hydrogens (primary N) is 1. The van der Waals surface area contributed by atoms with E-state index in [0.29, 0.717) is 35.7 Å². The molecule has 11 atom stereocenters. The number of rotatable bonds is 12. The highest BCUT2D eigenvalue weighted by Gasteiger charge is 2.57. The van der Waals surface area contributed by atoms with Gasteiger partial charge in [0.05, 0.1) is 55.0 Å². The maximum Gasteiger partial charge on any atom is 0.339 e. The van der Waals surface area contributed by atoms with Gasteiger partial charge in [-0.3, -0.25) is 10.3 Å². The van der Waals surface area contributed by atoms with E-state index < -0.39 is 73.1 Å². The van der Waals surface area contributed by atoms with E-state index in [2.05, 4.69) is 15.6 Å². The molecule has 62 heavy (non-hydrogen) atoms. The minimum Gasteiger partial charge on any atom is -0.478 e. The van der Waals surface area contributed by atoms with Gasteiger partial charge in [-0.25, -0.2) is 9.59 Å². The molecule has 0 unspecified atom stereocenters.